The molecule has 0 spiro atoms. The Hall–Kier alpha value is -2.21. The van der Waals surface area contributed by atoms with E-state index in [9.17, 15) is 14.7 Å². The van der Waals surface area contributed by atoms with Crippen molar-refractivity contribution < 1.29 is 9.90 Å². The van der Waals surface area contributed by atoms with Crippen LogP contribution in [0.15, 0.2) is 23.0 Å². The molecule has 1 heterocycles. The first-order valence-corrected chi connectivity index (χ1v) is 8.85. The molecule has 0 bridgehead atoms. The zero-order chi connectivity index (χ0) is 17.8. The van der Waals surface area contributed by atoms with Gasteiger partial charge in [0.2, 0.25) is 5.91 Å². The van der Waals surface area contributed by atoms with Gasteiger partial charge < -0.3 is 10.4 Å². The molecule has 1 aromatic carbocycles. The number of fused-ring (bicyclic) bond motifs is 1. The number of carbonyl (C=O) groups excluding carboxylic acids is 1. The number of nitrogens with zero attached hydrogens (tertiary/aromatic N) is 2. The van der Waals surface area contributed by atoms with E-state index in [1.807, 2.05) is 25.1 Å². The highest BCUT2D eigenvalue weighted by atomic mass is 16.3. The van der Waals surface area contributed by atoms with Crippen LogP contribution >= 0.6 is 0 Å². The summed E-state index contributed by atoms with van der Waals surface area (Å²) in [6, 6.07) is 5.74. The molecule has 6 heteroatoms. The second-order valence-corrected chi connectivity index (χ2v) is 7.84. The van der Waals surface area contributed by atoms with Crippen LogP contribution in [0.5, 0.6) is 0 Å². The number of benzene rings is 1. The molecular formula is C19H23N3O3. The van der Waals surface area contributed by atoms with Crippen molar-refractivity contribution in [1.82, 2.24) is 15.1 Å². The van der Waals surface area contributed by atoms with Crippen molar-refractivity contribution in [3.05, 3.63) is 39.8 Å². The highest BCUT2D eigenvalue weighted by molar-refractivity contribution is 5.85. The normalized spacial score (nSPS) is 25.6. The predicted molar refractivity (Wildman–Crippen MR) is 94.5 cm³/mol. The summed E-state index contributed by atoms with van der Waals surface area (Å²) < 4.78 is 1.29. The van der Waals surface area contributed by atoms with Gasteiger partial charge in [0.25, 0.3) is 5.56 Å². The molecule has 6 nitrogen and oxygen atoms in total. The Morgan fingerprint density at radius 2 is 2.08 bits per heavy atom. The lowest BCUT2D eigenvalue weighted by Gasteiger charge is -2.41. The van der Waals surface area contributed by atoms with E-state index in [1.165, 1.54) is 4.68 Å². The third kappa shape index (κ3) is 3.18. The van der Waals surface area contributed by atoms with E-state index < -0.39 is 5.60 Å². The fourth-order valence-corrected chi connectivity index (χ4v) is 3.70. The topological polar surface area (TPSA) is 84.2 Å². The first kappa shape index (κ1) is 16.3. The molecule has 0 unspecified atom stereocenters. The largest absolute Gasteiger partial charge is 0.390 e. The summed E-state index contributed by atoms with van der Waals surface area (Å²) >= 11 is 0. The van der Waals surface area contributed by atoms with Gasteiger partial charge in [-0.2, -0.15) is 5.10 Å². The van der Waals surface area contributed by atoms with Gasteiger partial charge in [0.05, 0.1) is 16.7 Å². The minimum Gasteiger partial charge on any atom is -0.390 e. The van der Waals surface area contributed by atoms with Gasteiger partial charge in [0, 0.05) is 17.3 Å². The van der Waals surface area contributed by atoms with E-state index >= 15 is 0 Å². The molecule has 0 radical (unpaired) electrons. The number of carbonyl (C=O) groups is 1. The maximum absolute atomic E-state index is 12.7. The van der Waals surface area contributed by atoms with Gasteiger partial charge in [-0.25, -0.2) is 4.68 Å². The molecule has 1 aromatic heterocycles. The van der Waals surface area contributed by atoms with E-state index in [0.717, 1.165) is 29.5 Å². The van der Waals surface area contributed by atoms with Crippen LogP contribution in [0, 0.1) is 6.92 Å². The number of hydrogen-bond acceptors (Lipinski definition) is 4. The van der Waals surface area contributed by atoms with Gasteiger partial charge in [-0.15, -0.1) is 0 Å². The molecule has 4 rings (SSSR count). The summed E-state index contributed by atoms with van der Waals surface area (Å²) in [6.45, 7) is 3.68. The second-order valence-electron chi connectivity index (χ2n) is 7.84. The number of aromatic nitrogens is 2. The summed E-state index contributed by atoms with van der Waals surface area (Å²) in [5, 5.41) is 18.7. The minimum absolute atomic E-state index is 0.0239. The fraction of sp³-hybridized carbons (Fsp3) is 0.526. The van der Waals surface area contributed by atoms with Crippen LogP contribution in [0.4, 0.5) is 0 Å². The number of aliphatic hydroxyl groups is 1. The van der Waals surface area contributed by atoms with Gasteiger partial charge in [-0.1, -0.05) is 11.6 Å². The van der Waals surface area contributed by atoms with Gasteiger partial charge in [0.1, 0.15) is 6.54 Å². The van der Waals surface area contributed by atoms with E-state index in [1.54, 1.807) is 6.92 Å². The molecule has 0 atom stereocenters. The molecule has 132 valence electrons. The van der Waals surface area contributed by atoms with Crippen molar-refractivity contribution >= 4 is 16.7 Å². The fourth-order valence-electron chi connectivity index (χ4n) is 3.70. The molecular weight excluding hydrogens is 318 g/mol. The van der Waals surface area contributed by atoms with Crippen molar-refractivity contribution in [2.75, 3.05) is 0 Å². The molecule has 2 aromatic rings. The van der Waals surface area contributed by atoms with Crippen molar-refractivity contribution in [2.24, 2.45) is 0 Å². The maximum atomic E-state index is 12.7. The van der Waals surface area contributed by atoms with Crippen LogP contribution in [-0.2, 0) is 11.3 Å². The van der Waals surface area contributed by atoms with Gasteiger partial charge >= 0.3 is 0 Å². The van der Waals surface area contributed by atoms with E-state index in [2.05, 4.69) is 10.4 Å². The van der Waals surface area contributed by atoms with Crippen LogP contribution in [-0.4, -0.2) is 32.4 Å². The number of rotatable bonds is 4. The number of hydrogen-bond donors (Lipinski definition) is 2. The Labute approximate surface area is 145 Å². The monoisotopic (exact) mass is 341 g/mol. The Balaban J connectivity index is 1.61. The second kappa shape index (κ2) is 5.66. The maximum Gasteiger partial charge on any atom is 0.275 e. The van der Waals surface area contributed by atoms with Crippen LogP contribution in [0.1, 0.15) is 49.8 Å². The van der Waals surface area contributed by atoms with Crippen molar-refractivity contribution in [3.8, 4) is 0 Å². The third-order valence-electron chi connectivity index (χ3n) is 5.14. The zero-order valence-corrected chi connectivity index (χ0v) is 14.6. The van der Waals surface area contributed by atoms with Crippen molar-refractivity contribution in [1.29, 1.82) is 0 Å². The Kier molecular flexibility index (Phi) is 3.68. The highest BCUT2D eigenvalue weighted by Crippen LogP contribution is 2.41. The standard InChI is InChI=1S/C19H23N3O3/c1-11-3-6-14-15(7-11)17(12-4-5-12)21-22(18(14)24)10-16(23)20-13-8-19(2,25)9-13/h3,6-7,12-13,25H,4-5,8-10H2,1-2H3,(H,20,23). The Morgan fingerprint density at radius 1 is 1.36 bits per heavy atom. The lowest BCUT2D eigenvalue weighted by molar-refractivity contribution is -0.125. The lowest BCUT2D eigenvalue weighted by atomic mass is 9.77. The third-order valence-corrected chi connectivity index (χ3v) is 5.14. The number of aryl methyl sites for hydroxylation is 1. The summed E-state index contributed by atoms with van der Waals surface area (Å²) in [5.74, 6) is 0.157. The van der Waals surface area contributed by atoms with E-state index in [0.29, 0.717) is 24.1 Å². The van der Waals surface area contributed by atoms with E-state index in [4.69, 9.17) is 0 Å². The average Bonchev–Trinajstić information content (AvgIpc) is 3.32. The number of nitrogens with one attached hydrogen (secondary N) is 1. The molecule has 2 saturated carbocycles. The highest BCUT2D eigenvalue weighted by Gasteiger charge is 2.39. The summed E-state index contributed by atoms with van der Waals surface area (Å²) in [6.07, 6.45) is 3.26. The smallest absolute Gasteiger partial charge is 0.275 e. The van der Waals surface area contributed by atoms with Crippen LogP contribution in [0.25, 0.3) is 10.8 Å². The first-order valence-electron chi connectivity index (χ1n) is 8.85. The van der Waals surface area contributed by atoms with Gasteiger partial charge in [0.15, 0.2) is 0 Å². The molecule has 1 amide bonds. The SMILES string of the molecule is Cc1ccc2c(=O)n(CC(=O)NC3CC(C)(O)C3)nc(C3CC3)c2c1. The first-order chi connectivity index (χ1) is 11.8. The molecule has 2 fully saturated rings. The van der Waals surface area contributed by atoms with E-state index in [-0.39, 0.29) is 24.1 Å². The molecule has 0 aliphatic heterocycles. The molecule has 25 heavy (non-hydrogen) atoms. The predicted octanol–water partition coefficient (Wildman–Crippen LogP) is 1.61. The summed E-state index contributed by atoms with van der Waals surface area (Å²) in [5.41, 5.74) is 1.11. The van der Waals surface area contributed by atoms with Crippen LogP contribution in [0.2, 0.25) is 0 Å². The number of amides is 1. The van der Waals surface area contributed by atoms with Crippen molar-refractivity contribution in [3.63, 3.8) is 0 Å². The van der Waals surface area contributed by atoms with Crippen LogP contribution in [0.3, 0.4) is 0 Å². The molecule has 2 aliphatic rings. The Bertz CT molecular complexity index is 904. The summed E-state index contributed by atoms with van der Waals surface area (Å²) in [7, 11) is 0. The minimum atomic E-state index is -0.688. The zero-order valence-electron chi connectivity index (χ0n) is 14.6. The molecule has 2 N–H and O–H groups in total. The summed E-state index contributed by atoms with van der Waals surface area (Å²) in [4.78, 5) is 25.0. The van der Waals surface area contributed by atoms with Crippen LogP contribution < -0.4 is 10.9 Å². The molecule has 2 aliphatic carbocycles. The average molecular weight is 341 g/mol. The Morgan fingerprint density at radius 3 is 2.72 bits per heavy atom. The lowest BCUT2D eigenvalue weighted by Crippen LogP contribution is -2.54. The van der Waals surface area contributed by atoms with Crippen molar-refractivity contribution in [2.45, 2.75) is 63.6 Å². The van der Waals surface area contributed by atoms with Gasteiger partial charge in [-0.05, 0) is 51.7 Å². The molecule has 0 saturated heterocycles. The quantitative estimate of drug-likeness (QED) is 0.885. The van der Waals surface area contributed by atoms with Gasteiger partial charge in [-0.3, -0.25) is 9.59 Å².